The summed E-state index contributed by atoms with van der Waals surface area (Å²) in [6, 6.07) is 22.7. The van der Waals surface area contributed by atoms with E-state index in [1.165, 1.54) is 12.1 Å². The minimum Gasteiger partial charge on any atom is -0.379 e. The van der Waals surface area contributed by atoms with Crippen LogP contribution in [-0.2, 0) is 45.0 Å². The van der Waals surface area contributed by atoms with Crippen molar-refractivity contribution >= 4 is 23.6 Å². The fourth-order valence-electron chi connectivity index (χ4n) is 11.1. The zero-order valence-electron chi connectivity index (χ0n) is 42.9. The molecular weight excluding hydrogens is 1010 g/mol. The van der Waals surface area contributed by atoms with Gasteiger partial charge in [0, 0.05) is 78.3 Å². The average Bonchev–Trinajstić information content (AvgIpc) is 4.30. The maximum atomic E-state index is 14.5. The Bertz CT molecular complexity index is 2990. The van der Waals surface area contributed by atoms with Gasteiger partial charge in [0.2, 0.25) is 11.8 Å². The van der Waals surface area contributed by atoms with Gasteiger partial charge in [0.05, 0.1) is 96.4 Å². The van der Waals surface area contributed by atoms with E-state index in [2.05, 4.69) is 40.4 Å². The van der Waals surface area contributed by atoms with Crippen LogP contribution in [0.15, 0.2) is 84.9 Å². The minimum absolute atomic E-state index is 0.0822. The van der Waals surface area contributed by atoms with Gasteiger partial charge in [0.15, 0.2) is 11.6 Å². The molecule has 2 N–H and O–H groups in total. The number of aromatic nitrogens is 4. The molecule has 0 saturated carbocycles. The van der Waals surface area contributed by atoms with E-state index in [4.69, 9.17) is 9.47 Å². The molecule has 6 aromatic rings. The Labute approximate surface area is 448 Å². The van der Waals surface area contributed by atoms with E-state index < -0.39 is 23.3 Å². The minimum atomic E-state index is -0.761. The van der Waals surface area contributed by atoms with E-state index in [0.717, 1.165) is 151 Å². The van der Waals surface area contributed by atoms with E-state index >= 15 is 0 Å². The Morgan fingerprint density at radius 1 is 0.462 bits per heavy atom. The summed E-state index contributed by atoms with van der Waals surface area (Å²) in [7, 11) is 0. The first-order valence-corrected chi connectivity index (χ1v) is 26.6. The normalized spacial score (nSPS) is 19.4. The highest BCUT2D eigenvalue weighted by Crippen LogP contribution is 2.33. The van der Waals surface area contributed by atoms with Crippen LogP contribution < -0.4 is 10.6 Å². The Balaban J connectivity index is 0.000000165. The number of ether oxygens (including phenoxy) is 2. The summed E-state index contributed by atoms with van der Waals surface area (Å²) in [5.74, 6) is -3.85. The van der Waals surface area contributed by atoms with Gasteiger partial charge in [-0.3, -0.25) is 29.0 Å². The van der Waals surface area contributed by atoms with Gasteiger partial charge < -0.3 is 29.9 Å². The highest BCUT2D eigenvalue weighted by atomic mass is 19.1. The number of morpholine rings is 2. The monoisotopic (exact) mass is 1070 g/mol. The molecule has 6 aliphatic rings. The SMILES string of the molecule is O=C1NCc2nc(-c3c(F)cccc3F)nc(Cc3ccc(C4CCN(CCN5CCOCC5)C4=O)cc3)c21.O=C1NCc2nc(-c3c(F)cccc3F)nc(Cc3ccc([C@@H]4CCN(CCN5CCOCC5)C4=O)cc3)c21. The van der Waals surface area contributed by atoms with Crippen LogP contribution in [0.25, 0.3) is 22.8 Å². The molecule has 2 aromatic heterocycles. The maximum absolute atomic E-state index is 14.5. The van der Waals surface area contributed by atoms with Crippen LogP contribution in [-0.4, -0.2) is 155 Å². The highest BCUT2D eigenvalue weighted by Gasteiger charge is 2.35. The average molecular weight is 1070 g/mol. The molecule has 2 atom stereocenters. The van der Waals surface area contributed by atoms with Crippen LogP contribution in [0.2, 0.25) is 0 Å². The fourth-order valence-corrected chi connectivity index (χ4v) is 11.1. The van der Waals surface area contributed by atoms with Crippen LogP contribution in [0.5, 0.6) is 0 Å². The zero-order chi connectivity index (χ0) is 53.9. The topological polar surface area (TPSA) is 175 Å². The lowest BCUT2D eigenvalue weighted by Gasteiger charge is -2.28. The molecule has 8 heterocycles. The smallest absolute Gasteiger partial charge is 0.255 e. The number of amides is 4. The summed E-state index contributed by atoms with van der Waals surface area (Å²) in [4.78, 5) is 77.3. The van der Waals surface area contributed by atoms with Crippen LogP contribution in [0.3, 0.4) is 0 Å². The van der Waals surface area contributed by atoms with Crippen molar-refractivity contribution in [1.82, 2.24) is 50.2 Å². The Kier molecular flexibility index (Phi) is 15.6. The predicted molar refractivity (Wildman–Crippen MR) is 278 cm³/mol. The molecule has 1 unspecified atom stereocenters. The molecule has 78 heavy (non-hydrogen) atoms. The number of benzene rings is 4. The molecule has 0 aliphatic carbocycles. The molecule has 0 spiro atoms. The molecule has 0 bridgehead atoms. The van der Waals surface area contributed by atoms with Gasteiger partial charge in [-0.1, -0.05) is 60.7 Å². The van der Waals surface area contributed by atoms with Gasteiger partial charge in [-0.25, -0.2) is 37.5 Å². The third-order valence-electron chi connectivity index (χ3n) is 15.5. The molecule has 4 amide bonds. The maximum Gasteiger partial charge on any atom is 0.255 e. The Morgan fingerprint density at radius 3 is 1.21 bits per heavy atom. The summed E-state index contributed by atoms with van der Waals surface area (Å²) in [5, 5.41) is 5.45. The molecule has 6 aliphatic heterocycles. The summed E-state index contributed by atoms with van der Waals surface area (Å²) in [6.07, 6.45) is 2.12. The first kappa shape index (κ1) is 52.5. The summed E-state index contributed by atoms with van der Waals surface area (Å²) < 4.78 is 68.7. The fraction of sp³-hybridized carbons (Fsp3) is 0.379. The van der Waals surface area contributed by atoms with Crippen molar-refractivity contribution in [3.63, 3.8) is 0 Å². The van der Waals surface area contributed by atoms with E-state index in [9.17, 15) is 36.7 Å². The van der Waals surface area contributed by atoms with Crippen LogP contribution in [0.4, 0.5) is 17.6 Å². The second-order valence-electron chi connectivity index (χ2n) is 20.3. The first-order chi connectivity index (χ1) is 37.9. The van der Waals surface area contributed by atoms with Crippen molar-refractivity contribution in [2.75, 3.05) is 91.9 Å². The van der Waals surface area contributed by atoms with Crippen molar-refractivity contribution in [3.8, 4) is 22.8 Å². The Hall–Kier alpha value is -7.52. The number of likely N-dealkylation sites (tertiary alicyclic amines) is 2. The largest absolute Gasteiger partial charge is 0.379 e. The van der Waals surface area contributed by atoms with Gasteiger partial charge in [0.25, 0.3) is 11.8 Å². The first-order valence-electron chi connectivity index (χ1n) is 26.6. The third-order valence-corrected chi connectivity index (χ3v) is 15.5. The van der Waals surface area contributed by atoms with E-state index in [-0.39, 0.29) is 84.2 Å². The molecule has 4 saturated heterocycles. The molecule has 4 fully saturated rings. The number of fused-ring (bicyclic) bond motifs is 2. The summed E-state index contributed by atoms with van der Waals surface area (Å²) >= 11 is 0. The number of hydrogen-bond acceptors (Lipinski definition) is 12. The predicted octanol–water partition coefficient (Wildman–Crippen LogP) is 5.81. The number of carbonyl (C=O) groups excluding carboxylic acids is 4. The molecule has 404 valence electrons. The summed E-state index contributed by atoms with van der Waals surface area (Å²) in [6.45, 7) is 11.6. The van der Waals surface area contributed by atoms with Gasteiger partial charge in [-0.15, -0.1) is 0 Å². The van der Waals surface area contributed by atoms with Crippen molar-refractivity contribution in [2.45, 2.75) is 50.6 Å². The van der Waals surface area contributed by atoms with Crippen molar-refractivity contribution in [3.05, 3.63) is 164 Å². The second kappa shape index (κ2) is 23.2. The molecule has 20 heteroatoms. The van der Waals surface area contributed by atoms with Crippen molar-refractivity contribution in [2.24, 2.45) is 0 Å². The van der Waals surface area contributed by atoms with Gasteiger partial charge in [-0.05, 0) is 59.4 Å². The molecule has 12 rings (SSSR count). The number of halogens is 4. The van der Waals surface area contributed by atoms with Crippen LogP contribution in [0, 0.1) is 23.3 Å². The van der Waals surface area contributed by atoms with Gasteiger partial charge in [0.1, 0.15) is 23.3 Å². The quantitative estimate of drug-likeness (QED) is 0.126. The van der Waals surface area contributed by atoms with Gasteiger partial charge in [-0.2, -0.15) is 0 Å². The number of rotatable bonds is 14. The lowest BCUT2D eigenvalue weighted by molar-refractivity contribution is -0.130. The summed E-state index contributed by atoms with van der Waals surface area (Å²) in [5.41, 5.74) is 5.39. The highest BCUT2D eigenvalue weighted by molar-refractivity contribution is 6.00. The van der Waals surface area contributed by atoms with Crippen LogP contribution >= 0.6 is 0 Å². The van der Waals surface area contributed by atoms with Crippen molar-refractivity contribution in [1.29, 1.82) is 0 Å². The molecule has 4 aromatic carbocycles. The van der Waals surface area contributed by atoms with E-state index in [1.807, 2.05) is 58.3 Å². The molecule has 16 nitrogen and oxygen atoms in total. The molecular formula is C58H58F4N10O6. The lowest BCUT2D eigenvalue weighted by atomic mass is 9.95. The number of hydrogen-bond donors (Lipinski definition) is 2. The van der Waals surface area contributed by atoms with Crippen molar-refractivity contribution < 1.29 is 46.2 Å². The second-order valence-corrected chi connectivity index (χ2v) is 20.3. The lowest BCUT2D eigenvalue weighted by Crippen LogP contribution is -2.42. The van der Waals surface area contributed by atoms with Gasteiger partial charge >= 0.3 is 0 Å². The number of nitrogens with one attached hydrogen (secondary N) is 2. The number of carbonyl (C=O) groups is 4. The Morgan fingerprint density at radius 2 is 0.833 bits per heavy atom. The van der Waals surface area contributed by atoms with Crippen LogP contribution in [0.1, 0.15) is 90.4 Å². The van der Waals surface area contributed by atoms with E-state index in [1.54, 1.807) is 0 Å². The number of nitrogens with zero attached hydrogens (tertiary/aromatic N) is 8. The molecule has 0 radical (unpaired) electrons. The third kappa shape index (κ3) is 11.3. The zero-order valence-corrected chi connectivity index (χ0v) is 42.9. The van der Waals surface area contributed by atoms with E-state index in [0.29, 0.717) is 33.9 Å². The standard InChI is InChI=1S/2C29H29F2N5O3/c2*30-21-2-1-3-22(31)25(21)27-33-23(26-24(34-27)17-32-28(26)37)16-18-4-6-19(7-5-18)20-8-9-36(29(20)38)11-10-35-12-14-39-15-13-35/h2*1-7,20H,8-17H2,(H,32,37)/t20-;/m0./s1.